The predicted octanol–water partition coefficient (Wildman–Crippen LogP) is 3.74. The number of hydrogen-bond donors (Lipinski definition) is 1. The molecule has 0 aliphatic heterocycles. The Morgan fingerprint density at radius 3 is 2.52 bits per heavy atom. The zero-order valence-electron chi connectivity index (χ0n) is 12.4. The number of nitrogens with two attached hydrogens (primary N) is 1. The molecule has 4 heteroatoms. The number of ether oxygens (including phenoxy) is 2. The van der Waals surface area contributed by atoms with Crippen LogP contribution in [0.4, 0.5) is 0 Å². The van der Waals surface area contributed by atoms with Crippen LogP contribution in [-0.4, -0.2) is 13.7 Å². The van der Waals surface area contributed by atoms with Crippen molar-refractivity contribution in [2.45, 2.75) is 20.0 Å². The molecule has 0 saturated carbocycles. The average Bonchev–Trinajstić information content (AvgIpc) is 2.47. The molecule has 0 saturated heterocycles. The van der Waals surface area contributed by atoms with E-state index >= 15 is 0 Å². The van der Waals surface area contributed by atoms with Crippen LogP contribution in [0.3, 0.4) is 0 Å². The van der Waals surface area contributed by atoms with Crippen LogP contribution in [0, 0.1) is 6.92 Å². The lowest BCUT2D eigenvalue weighted by Gasteiger charge is -2.14. The van der Waals surface area contributed by atoms with E-state index in [9.17, 15) is 0 Å². The SMILES string of the molecule is COc1ccc(C)cc1COc1ccc(Cl)cc1CCN. The van der Waals surface area contributed by atoms with Crippen molar-refractivity contribution in [3.63, 3.8) is 0 Å². The quantitative estimate of drug-likeness (QED) is 0.884. The van der Waals surface area contributed by atoms with Gasteiger partial charge >= 0.3 is 0 Å². The van der Waals surface area contributed by atoms with Crippen molar-refractivity contribution in [2.24, 2.45) is 5.73 Å². The molecule has 0 radical (unpaired) electrons. The second-order valence-electron chi connectivity index (χ2n) is 4.89. The van der Waals surface area contributed by atoms with Gasteiger partial charge in [-0.1, -0.05) is 23.2 Å². The van der Waals surface area contributed by atoms with Crippen molar-refractivity contribution in [1.29, 1.82) is 0 Å². The summed E-state index contributed by atoms with van der Waals surface area (Å²) in [6.07, 6.45) is 0.737. The summed E-state index contributed by atoms with van der Waals surface area (Å²) in [6.45, 7) is 3.06. The fraction of sp³-hybridized carbons (Fsp3) is 0.294. The molecular formula is C17H20ClNO2. The Kier molecular flexibility index (Phi) is 5.48. The summed E-state index contributed by atoms with van der Waals surface area (Å²) < 4.78 is 11.3. The van der Waals surface area contributed by atoms with E-state index in [1.54, 1.807) is 7.11 Å². The van der Waals surface area contributed by atoms with Gasteiger partial charge in [0.2, 0.25) is 0 Å². The van der Waals surface area contributed by atoms with Crippen LogP contribution in [0.5, 0.6) is 11.5 Å². The molecule has 0 fully saturated rings. The van der Waals surface area contributed by atoms with Crippen LogP contribution in [0.25, 0.3) is 0 Å². The molecule has 2 N–H and O–H groups in total. The van der Waals surface area contributed by atoms with E-state index in [2.05, 4.69) is 6.07 Å². The highest BCUT2D eigenvalue weighted by Crippen LogP contribution is 2.26. The van der Waals surface area contributed by atoms with Crippen LogP contribution in [0.2, 0.25) is 5.02 Å². The second kappa shape index (κ2) is 7.34. The van der Waals surface area contributed by atoms with Gasteiger partial charge < -0.3 is 15.2 Å². The first-order valence-electron chi connectivity index (χ1n) is 6.89. The van der Waals surface area contributed by atoms with E-state index in [0.29, 0.717) is 18.2 Å². The molecule has 2 aromatic rings. The van der Waals surface area contributed by atoms with E-state index in [-0.39, 0.29) is 0 Å². The molecule has 0 aliphatic carbocycles. The van der Waals surface area contributed by atoms with E-state index in [1.165, 1.54) is 5.56 Å². The molecule has 2 aromatic carbocycles. The number of hydrogen-bond acceptors (Lipinski definition) is 3. The molecule has 2 rings (SSSR count). The number of aryl methyl sites for hydroxylation is 1. The van der Waals surface area contributed by atoms with E-state index in [1.807, 2.05) is 37.3 Å². The number of methoxy groups -OCH3 is 1. The maximum atomic E-state index is 6.02. The molecule has 112 valence electrons. The monoisotopic (exact) mass is 305 g/mol. The molecule has 0 unspecified atom stereocenters. The minimum atomic E-state index is 0.448. The Bertz CT molecular complexity index is 614. The van der Waals surface area contributed by atoms with Crippen molar-refractivity contribution in [3.8, 4) is 11.5 Å². The molecule has 0 atom stereocenters. The van der Waals surface area contributed by atoms with Gasteiger partial charge in [-0.15, -0.1) is 0 Å². The number of rotatable bonds is 6. The van der Waals surface area contributed by atoms with Crippen molar-refractivity contribution in [1.82, 2.24) is 0 Å². The maximum Gasteiger partial charge on any atom is 0.125 e. The molecule has 3 nitrogen and oxygen atoms in total. The molecule has 0 aliphatic rings. The Balaban J connectivity index is 2.18. The van der Waals surface area contributed by atoms with Crippen molar-refractivity contribution < 1.29 is 9.47 Å². The van der Waals surface area contributed by atoms with Crippen molar-refractivity contribution in [3.05, 3.63) is 58.1 Å². The zero-order valence-corrected chi connectivity index (χ0v) is 13.1. The fourth-order valence-corrected chi connectivity index (χ4v) is 2.41. The summed E-state index contributed by atoms with van der Waals surface area (Å²) >= 11 is 6.02. The first kappa shape index (κ1) is 15.7. The lowest BCUT2D eigenvalue weighted by molar-refractivity contribution is 0.294. The van der Waals surface area contributed by atoms with Crippen LogP contribution in [-0.2, 0) is 13.0 Å². The van der Waals surface area contributed by atoms with Crippen LogP contribution < -0.4 is 15.2 Å². The Morgan fingerprint density at radius 2 is 1.81 bits per heavy atom. The number of benzene rings is 2. The highest BCUT2D eigenvalue weighted by molar-refractivity contribution is 6.30. The van der Waals surface area contributed by atoms with Gasteiger partial charge in [-0.25, -0.2) is 0 Å². The summed E-state index contributed by atoms with van der Waals surface area (Å²) in [4.78, 5) is 0. The van der Waals surface area contributed by atoms with Gasteiger partial charge in [0.05, 0.1) is 7.11 Å². The van der Waals surface area contributed by atoms with Crippen molar-refractivity contribution >= 4 is 11.6 Å². The fourth-order valence-electron chi connectivity index (χ4n) is 2.22. The van der Waals surface area contributed by atoms with Crippen molar-refractivity contribution in [2.75, 3.05) is 13.7 Å². The lowest BCUT2D eigenvalue weighted by atomic mass is 10.1. The highest BCUT2D eigenvalue weighted by atomic mass is 35.5. The van der Waals surface area contributed by atoms with Gasteiger partial charge in [-0.05, 0) is 55.8 Å². The summed E-state index contributed by atoms with van der Waals surface area (Å²) in [7, 11) is 1.66. The first-order chi connectivity index (χ1) is 10.1. The third kappa shape index (κ3) is 4.13. The third-order valence-electron chi connectivity index (χ3n) is 3.26. The maximum absolute atomic E-state index is 6.02. The second-order valence-corrected chi connectivity index (χ2v) is 5.33. The molecule has 0 amide bonds. The average molecular weight is 306 g/mol. The normalized spacial score (nSPS) is 10.5. The predicted molar refractivity (Wildman–Crippen MR) is 86.3 cm³/mol. The van der Waals surface area contributed by atoms with Crippen LogP contribution in [0.1, 0.15) is 16.7 Å². The first-order valence-corrected chi connectivity index (χ1v) is 7.26. The molecule has 21 heavy (non-hydrogen) atoms. The Labute approximate surface area is 130 Å². The van der Waals surface area contributed by atoms with Gasteiger partial charge in [-0.3, -0.25) is 0 Å². The Morgan fingerprint density at radius 1 is 1.05 bits per heavy atom. The topological polar surface area (TPSA) is 44.5 Å². The number of halogens is 1. The summed E-state index contributed by atoms with van der Waals surface area (Å²) in [5.74, 6) is 1.64. The standard InChI is InChI=1S/C17H20ClNO2/c1-12-3-5-16(20-2)14(9-12)11-21-17-6-4-15(18)10-13(17)7-8-19/h3-6,9-10H,7-8,11,19H2,1-2H3. The summed E-state index contributed by atoms with van der Waals surface area (Å²) in [6, 6.07) is 11.6. The van der Waals surface area contributed by atoms with E-state index in [4.69, 9.17) is 26.8 Å². The molecular weight excluding hydrogens is 286 g/mol. The highest BCUT2D eigenvalue weighted by Gasteiger charge is 2.08. The summed E-state index contributed by atoms with van der Waals surface area (Å²) in [5.41, 5.74) is 8.85. The molecule has 0 heterocycles. The van der Waals surface area contributed by atoms with E-state index < -0.39 is 0 Å². The van der Waals surface area contributed by atoms with Crippen LogP contribution >= 0.6 is 11.6 Å². The van der Waals surface area contributed by atoms with Gasteiger partial charge in [0.1, 0.15) is 18.1 Å². The van der Waals surface area contributed by atoms with E-state index in [0.717, 1.165) is 29.0 Å². The molecule has 0 aromatic heterocycles. The minimum absolute atomic E-state index is 0.448. The lowest BCUT2D eigenvalue weighted by Crippen LogP contribution is -2.06. The smallest absolute Gasteiger partial charge is 0.125 e. The molecule has 0 spiro atoms. The van der Waals surface area contributed by atoms with Gasteiger partial charge in [0.25, 0.3) is 0 Å². The third-order valence-corrected chi connectivity index (χ3v) is 3.49. The Hall–Kier alpha value is -1.71. The summed E-state index contributed by atoms with van der Waals surface area (Å²) in [5, 5.41) is 0.693. The van der Waals surface area contributed by atoms with Crippen LogP contribution in [0.15, 0.2) is 36.4 Å². The zero-order chi connectivity index (χ0) is 15.2. The largest absolute Gasteiger partial charge is 0.496 e. The van der Waals surface area contributed by atoms with Gasteiger partial charge in [0, 0.05) is 10.6 Å². The minimum Gasteiger partial charge on any atom is -0.496 e. The van der Waals surface area contributed by atoms with Gasteiger partial charge in [-0.2, -0.15) is 0 Å². The van der Waals surface area contributed by atoms with Gasteiger partial charge in [0.15, 0.2) is 0 Å². The molecule has 0 bridgehead atoms.